The van der Waals surface area contributed by atoms with Crippen molar-refractivity contribution in [2.24, 2.45) is 0 Å². The van der Waals surface area contributed by atoms with Crippen LogP contribution in [0, 0.1) is 6.07 Å². The predicted octanol–water partition coefficient (Wildman–Crippen LogP) is 8.20. The zero-order valence-corrected chi connectivity index (χ0v) is 28.8. The molecule has 0 N–H and O–H groups in total. The number of carbonyl (C=O) groups is 3. The van der Waals surface area contributed by atoms with Crippen molar-refractivity contribution in [3.05, 3.63) is 99.9 Å². The van der Waals surface area contributed by atoms with Crippen LogP contribution in [0.1, 0.15) is 95.9 Å². The van der Waals surface area contributed by atoms with Gasteiger partial charge >= 0.3 is 17.9 Å². The fourth-order valence-corrected chi connectivity index (χ4v) is 5.50. The average molecular weight is 682 g/mol. The van der Waals surface area contributed by atoms with Gasteiger partial charge in [0, 0.05) is 54.2 Å². The maximum atomic E-state index is 14.6. The summed E-state index contributed by atoms with van der Waals surface area (Å²) in [6, 6.07) is 20.0. The van der Waals surface area contributed by atoms with E-state index in [1.807, 2.05) is 45.9 Å². The van der Waals surface area contributed by atoms with Gasteiger partial charge in [-0.05, 0) is 37.8 Å². The standard InChI is InChI=1S/C40H41O10/c1-5-9-22-45-40(26-18-11-10-12-19-26)25-29(28-20-13-14-21-30(28)50-40)38-39(49-35(43)17-8-4)37(44)36-31(47-34(42)16-7-3)23-27(24-32(36)48-38)46-33(41)15-6-2/h11-14,18-21,23-25H,5-9,15-17,22H2,1-4H3. The second-order valence-corrected chi connectivity index (χ2v) is 11.9. The third-order valence-corrected chi connectivity index (χ3v) is 7.88. The molecule has 0 amide bonds. The van der Waals surface area contributed by atoms with E-state index in [-0.39, 0.29) is 47.5 Å². The minimum absolute atomic E-state index is 0.0132. The molecule has 5 rings (SSSR count). The third-order valence-electron chi connectivity index (χ3n) is 7.88. The molecule has 1 aromatic heterocycles. The van der Waals surface area contributed by atoms with Gasteiger partial charge in [-0.1, -0.05) is 76.6 Å². The fourth-order valence-electron chi connectivity index (χ4n) is 5.50. The first-order chi connectivity index (χ1) is 24.2. The first-order valence-electron chi connectivity index (χ1n) is 17.1. The van der Waals surface area contributed by atoms with Crippen molar-refractivity contribution in [1.29, 1.82) is 0 Å². The molecule has 2 heterocycles. The summed E-state index contributed by atoms with van der Waals surface area (Å²) in [5.41, 5.74) is 0.737. The Morgan fingerprint density at radius 3 is 2.14 bits per heavy atom. The maximum absolute atomic E-state index is 14.6. The number of fused-ring (bicyclic) bond motifs is 2. The molecular formula is C40H41O10. The Balaban J connectivity index is 1.84. The van der Waals surface area contributed by atoms with E-state index in [4.69, 9.17) is 28.1 Å². The number of benzene rings is 3. The van der Waals surface area contributed by atoms with E-state index < -0.39 is 34.9 Å². The van der Waals surface area contributed by atoms with Gasteiger partial charge in [0.1, 0.15) is 28.2 Å². The molecule has 0 aliphatic carbocycles. The van der Waals surface area contributed by atoms with E-state index >= 15 is 0 Å². The number of para-hydroxylation sites is 1. The molecule has 261 valence electrons. The number of carbonyl (C=O) groups excluding carboxylic acids is 3. The Kier molecular flexibility index (Phi) is 11.9. The van der Waals surface area contributed by atoms with E-state index in [9.17, 15) is 19.2 Å². The lowest BCUT2D eigenvalue weighted by atomic mass is 9.92. The number of esters is 3. The molecule has 0 spiro atoms. The van der Waals surface area contributed by atoms with E-state index in [0.717, 1.165) is 12.8 Å². The SMILES string of the molecule is CCCCOC1(c2cc[c]cc2)C=C(c2oc3cc(OC(=O)CCC)cc(OC(=O)CCC)c3c(=O)c2OC(=O)CCC)c2ccccc2O1. The molecule has 0 saturated carbocycles. The molecule has 10 nitrogen and oxygen atoms in total. The molecule has 1 atom stereocenters. The Morgan fingerprint density at radius 2 is 1.46 bits per heavy atom. The lowest BCUT2D eigenvalue weighted by Gasteiger charge is -2.37. The smallest absolute Gasteiger partial charge is 0.311 e. The van der Waals surface area contributed by atoms with Gasteiger partial charge in [-0.25, -0.2) is 0 Å². The van der Waals surface area contributed by atoms with Crippen LogP contribution in [0.15, 0.2) is 76.0 Å². The Morgan fingerprint density at radius 1 is 0.800 bits per heavy atom. The molecule has 0 saturated heterocycles. The first-order valence-corrected chi connectivity index (χ1v) is 17.1. The van der Waals surface area contributed by atoms with Crippen molar-refractivity contribution in [3.8, 4) is 23.0 Å². The number of hydrogen-bond donors (Lipinski definition) is 0. The van der Waals surface area contributed by atoms with Gasteiger partial charge in [0.25, 0.3) is 5.79 Å². The van der Waals surface area contributed by atoms with E-state index in [1.165, 1.54) is 12.1 Å². The number of rotatable bonds is 15. The van der Waals surface area contributed by atoms with Crippen LogP contribution in [0.3, 0.4) is 0 Å². The Bertz CT molecular complexity index is 1940. The number of hydrogen-bond acceptors (Lipinski definition) is 10. The van der Waals surface area contributed by atoms with Crippen molar-refractivity contribution < 1.29 is 42.5 Å². The van der Waals surface area contributed by atoms with Gasteiger partial charge in [-0.2, -0.15) is 0 Å². The van der Waals surface area contributed by atoms with Crippen molar-refractivity contribution in [3.63, 3.8) is 0 Å². The normalized spacial score (nSPS) is 15.1. The summed E-state index contributed by atoms with van der Waals surface area (Å²) in [7, 11) is 0. The van der Waals surface area contributed by atoms with Crippen LogP contribution in [-0.2, 0) is 24.9 Å². The molecule has 1 unspecified atom stereocenters. The molecule has 0 bridgehead atoms. The quantitative estimate of drug-likeness (QED) is 0.0688. The molecule has 3 aromatic carbocycles. The van der Waals surface area contributed by atoms with Gasteiger partial charge in [0.15, 0.2) is 5.76 Å². The Hall–Kier alpha value is -5.22. The largest absolute Gasteiger partial charge is 0.454 e. The van der Waals surface area contributed by atoms with Crippen molar-refractivity contribution in [2.75, 3.05) is 6.61 Å². The highest BCUT2D eigenvalue weighted by Crippen LogP contribution is 2.47. The van der Waals surface area contributed by atoms with Crippen LogP contribution in [0.4, 0.5) is 0 Å². The van der Waals surface area contributed by atoms with Gasteiger partial charge in [-0.3, -0.25) is 19.2 Å². The lowest BCUT2D eigenvalue weighted by Crippen LogP contribution is -2.37. The molecule has 4 aromatic rings. The molecule has 50 heavy (non-hydrogen) atoms. The molecule has 1 aliphatic rings. The van der Waals surface area contributed by atoms with Crippen LogP contribution < -0.4 is 24.4 Å². The van der Waals surface area contributed by atoms with Crippen LogP contribution in [-0.4, -0.2) is 24.5 Å². The maximum Gasteiger partial charge on any atom is 0.311 e. The van der Waals surface area contributed by atoms with Gasteiger partial charge < -0.3 is 28.1 Å². The van der Waals surface area contributed by atoms with Crippen LogP contribution in [0.25, 0.3) is 16.5 Å². The van der Waals surface area contributed by atoms with Gasteiger partial charge in [0.2, 0.25) is 11.2 Å². The second-order valence-electron chi connectivity index (χ2n) is 11.9. The summed E-state index contributed by atoms with van der Waals surface area (Å²) >= 11 is 0. The lowest BCUT2D eigenvalue weighted by molar-refractivity contribution is -0.156. The van der Waals surface area contributed by atoms with Crippen LogP contribution in [0.5, 0.6) is 23.0 Å². The zero-order valence-electron chi connectivity index (χ0n) is 28.8. The monoisotopic (exact) mass is 681 g/mol. The first kappa shape index (κ1) is 36.1. The minimum atomic E-state index is -1.47. The molecular weight excluding hydrogens is 640 g/mol. The second kappa shape index (κ2) is 16.5. The predicted molar refractivity (Wildman–Crippen MR) is 186 cm³/mol. The topological polar surface area (TPSA) is 128 Å². The van der Waals surface area contributed by atoms with E-state index in [2.05, 4.69) is 6.07 Å². The van der Waals surface area contributed by atoms with E-state index in [0.29, 0.717) is 48.3 Å². The molecule has 10 heteroatoms. The highest BCUT2D eigenvalue weighted by molar-refractivity contribution is 5.94. The Labute approximate surface area is 290 Å². The highest BCUT2D eigenvalue weighted by Gasteiger charge is 2.41. The van der Waals surface area contributed by atoms with Gasteiger partial charge in [0.05, 0.1) is 6.61 Å². The number of ether oxygens (including phenoxy) is 5. The fraction of sp³-hybridized carbons (Fsp3) is 0.350. The third kappa shape index (κ3) is 7.97. The van der Waals surface area contributed by atoms with Crippen molar-refractivity contribution in [2.45, 2.75) is 84.8 Å². The summed E-state index contributed by atoms with van der Waals surface area (Å²) in [5, 5.41) is -0.155. The summed E-state index contributed by atoms with van der Waals surface area (Å²) in [4.78, 5) is 52.9. The van der Waals surface area contributed by atoms with E-state index in [1.54, 1.807) is 36.4 Å². The van der Waals surface area contributed by atoms with Crippen molar-refractivity contribution >= 4 is 34.5 Å². The van der Waals surface area contributed by atoms with Crippen molar-refractivity contribution in [1.82, 2.24) is 0 Å². The highest BCUT2D eigenvalue weighted by atomic mass is 16.7. The summed E-state index contributed by atoms with van der Waals surface area (Å²) < 4.78 is 36.6. The van der Waals surface area contributed by atoms with Crippen LogP contribution >= 0.6 is 0 Å². The van der Waals surface area contributed by atoms with Gasteiger partial charge in [-0.15, -0.1) is 0 Å². The summed E-state index contributed by atoms with van der Waals surface area (Å²) in [5.74, 6) is -3.46. The van der Waals surface area contributed by atoms with Crippen LogP contribution in [0.2, 0.25) is 0 Å². The molecule has 0 fully saturated rings. The summed E-state index contributed by atoms with van der Waals surface area (Å²) in [6.45, 7) is 7.86. The summed E-state index contributed by atoms with van der Waals surface area (Å²) in [6.07, 6.45) is 5.09. The molecule has 1 radical (unpaired) electrons. The molecule has 1 aliphatic heterocycles. The minimum Gasteiger partial charge on any atom is -0.454 e. The number of unbranched alkanes of at least 4 members (excludes halogenated alkanes) is 1. The zero-order chi connectivity index (χ0) is 35.7. The average Bonchev–Trinajstić information content (AvgIpc) is 3.09.